The van der Waals surface area contributed by atoms with Crippen molar-refractivity contribution in [3.05, 3.63) is 24.8 Å². The van der Waals surface area contributed by atoms with Crippen LogP contribution in [0.25, 0.3) is 0 Å². The molecule has 1 heteroatoms. The van der Waals surface area contributed by atoms with Crippen molar-refractivity contribution < 1.29 is 0 Å². The van der Waals surface area contributed by atoms with Gasteiger partial charge in [0.1, 0.15) is 0 Å². The Morgan fingerprint density at radius 3 is 2.67 bits per heavy atom. The van der Waals surface area contributed by atoms with Gasteiger partial charge in [-0.25, -0.2) is 0 Å². The van der Waals surface area contributed by atoms with E-state index in [4.69, 9.17) is 0 Å². The van der Waals surface area contributed by atoms with Crippen LogP contribution in [0.4, 0.5) is 0 Å². The van der Waals surface area contributed by atoms with E-state index in [1.165, 1.54) is 12.1 Å². The zero-order valence-corrected chi connectivity index (χ0v) is 8.21. The van der Waals surface area contributed by atoms with Gasteiger partial charge in [0, 0.05) is 12.8 Å². The Hall–Kier alpha value is -0.850. The SMILES string of the molecule is C=CCCC(/C=C\CCC)=N/C. The van der Waals surface area contributed by atoms with Crippen LogP contribution in [0.2, 0.25) is 0 Å². The van der Waals surface area contributed by atoms with Gasteiger partial charge in [0.25, 0.3) is 0 Å². The number of aliphatic imine (C=N–C) groups is 1. The second-order valence-corrected chi connectivity index (χ2v) is 2.73. The Labute approximate surface area is 75.9 Å². The number of hydrogen-bond donors (Lipinski definition) is 0. The van der Waals surface area contributed by atoms with Crippen LogP contribution >= 0.6 is 0 Å². The first kappa shape index (κ1) is 11.2. The van der Waals surface area contributed by atoms with Gasteiger partial charge in [-0.15, -0.1) is 6.58 Å². The molecule has 0 unspecified atom stereocenters. The third-order valence-corrected chi connectivity index (χ3v) is 1.66. The molecule has 0 bridgehead atoms. The molecule has 68 valence electrons. The van der Waals surface area contributed by atoms with Crippen LogP contribution < -0.4 is 0 Å². The summed E-state index contributed by atoms with van der Waals surface area (Å²) in [6.45, 7) is 5.86. The lowest BCUT2D eigenvalue weighted by Gasteiger charge is -1.95. The number of unbranched alkanes of at least 4 members (excludes halogenated alkanes) is 1. The summed E-state index contributed by atoms with van der Waals surface area (Å²) in [6.07, 6.45) is 10.6. The smallest absolute Gasteiger partial charge is 0.0344 e. The molecule has 0 aliphatic heterocycles. The van der Waals surface area contributed by atoms with Crippen molar-refractivity contribution in [1.29, 1.82) is 0 Å². The molecule has 0 atom stereocenters. The molecule has 0 heterocycles. The Morgan fingerprint density at radius 2 is 2.17 bits per heavy atom. The second kappa shape index (κ2) is 8.25. The molecule has 1 nitrogen and oxygen atoms in total. The third-order valence-electron chi connectivity index (χ3n) is 1.66. The molecular formula is C11H19N. The van der Waals surface area contributed by atoms with Crippen LogP contribution in [0.3, 0.4) is 0 Å². The predicted molar refractivity (Wildman–Crippen MR) is 56.8 cm³/mol. The van der Waals surface area contributed by atoms with Gasteiger partial charge in [0.2, 0.25) is 0 Å². The van der Waals surface area contributed by atoms with E-state index in [0.29, 0.717) is 0 Å². The fourth-order valence-electron chi connectivity index (χ4n) is 0.906. The molecular weight excluding hydrogens is 146 g/mol. The van der Waals surface area contributed by atoms with Gasteiger partial charge in [-0.05, 0) is 25.3 Å². The summed E-state index contributed by atoms with van der Waals surface area (Å²) in [5.74, 6) is 0. The Balaban J connectivity index is 3.75. The molecule has 0 saturated heterocycles. The normalized spacial score (nSPS) is 12.3. The lowest BCUT2D eigenvalue weighted by atomic mass is 10.2. The predicted octanol–water partition coefficient (Wildman–Crippen LogP) is 3.38. The number of rotatable bonds is 6. The summed E-state index contributed by atoms with van der Waals surface area (Å²) in [7, 11) is 1.84. The molecule has 0 fully saturated rings. The van der Waals surface area contributed by atoms with Gasteiger partial charge in [0.05, 0.1) is 0 Å². The summed E-state index contributed by atoms with van der Waals surface area (Å²) >= 11 is 0. The summed E-state index contributed by atoms with van der Waals surface area (Å²) in [5, 5.41) is 0. The van der Waals surface area contributed by atoms with Crippen LogP contribution in [-0.2, 0) is 0 Å². The third kappa shape index (κ3) is 5.90. The van der Waals surface area contributed by atoms with E-state index >= 15 is 0 Å². The minimum atomic E-state index is 1.01. The van der Waals surface area contributed by atoms with Gasteiger partial charge in [-0.1, -0.05) is 25.5 Å². The van der Waals surface area contributed by atoms with E-state index in [1.807, 2.05) is 13.1 Å². The fraction of sp³-hybridized carbons (Fsp3) is 0.545. The molecule has 0 spiro atoms. The lowest BCUT2D eigenvalue weighted by Crippen LogP contribution is -1.91. The molecule has 0 aliphatic carbocycles. The molecule has 0 amide bonds. The Morgan fingerprint density at radius 1 is 1.42 bits per heavy atom. The zero-order valence-electron chi connectivity index (χ0n) is 8.21. The summed E-state index contributed by atoms with van der Waals surface area (Å²) in [5.41, 5.74) is 1.17. The van der Waals surface area contributed by atoms with Crippen molar-refractivity contribution in [1.82, 2.24) is 0 Å². The van der Waals surface area contributed by atoms with E-state index in [-0.39, 0.29) is 0 Å². The highest BCUT2D eigenvalue weighted by molar-refractivity contribution is 5.94. The van der Waals surface area contributed by atoms with Gasteiger partial charge < -0.3 is 0 Å². The van der Waals surface area contributed by atoms with Crippen molar-refractivity contribution >= 4 is 5.71 Å². The Bertz CT molecular complexity index is 166. The largest absolute Gasteiger partial charge is 0.293 e. The highest BCUT2D eigenvalue weighted by Gasteiger charge is 1.89. The summed E-state index contributed by atoms with van der Waals surface area (Å²) < 4.78 is 0. The van der Waals surface area contributed by atoms with Crippen molar-refractivity contribution in [3.63, 3.8) is 0 Å². The van der Waals surface area contributed by atoms with E-state index in [0.717, 1.165) is 19.3 Å². The molecule has 0 aromatic rings. The monoisotopic (exact) mass is 165 g/mol. The van der Waals surface area contributed by atoms with Crippen LogP contribution in [-0.4, -0.2) is 12.8 Å². The molecule has 0 radical (unpaired) electrons. The van der Waals surface area contributed by atoms with Crippen molar-refractivity contribution in [2.45, 2.75) is 32.6 Å². The van der Waals surface area contributed by atoms with E-state index in [2.05, 4.69) is 30.6 Å². The molecule has 0 saturated carbocycles. The first-order valence-corrected chi connectivity index (χ1v) is 4.58. The van der Waals surface area contributed by atoms with Gasteiger partial charge in [-0.3, -0.25) is 4.99 Å². The molecule has 0 rings (SSSR count). The van der Waals surface area contributed by atoms with Crippen LogP contribution in [0.5, 0.6) is 0 Å². The van der Waals surface area contributed by atoms with Crippen molar-refractivity contribution in [2.75, 3.05) is 7.05 Å². The maximum Gasteiger partial charge on any atom is 0.0344 e. The second-order valence-electron chi connectivity index (χ2n) is 2.73. The van der Waals surface area contributed by atoms with Crippen LogP contribution in [0.1, 0.15) is 32.6 Å². The topological polar surface area (TPSA) is 12.4 Å². The Kier molecular flexibility index (Phi) is 7.66. The van der Waals surface area contributed by atoms with Crippen molar-refractivity contribution in [2.24, 2.45) is 4.99 Å². The molecule has 0 aliphatic rings. The number of nitrogens with zero attached hydrogens (tertiary/aromatic N) is 1. The minimum absolute atomic E-state index is 1.01. The van der Waals surface area contributed by atoms with Gasteiger partial charge in [-0.2, -0.15) is 0 Å². The number of allylic oxidation sites excluding steroid dienone is 3. The first-order chi connectivity index (χ1) is 5.85. The molecule has 12 heavy (non-hydrogen) atoms. The maximum absolute atomic E-state index is 4.18. The summed E-state index contributed by atoms with van der Waals surface area (Å²) in [4.78, 5) is 4.18. The fourth-order valence-corrected chi connectivity index (χ4v) is 0.906. The summed E-state index contributed by atoms with van der Waals surface area (Å²) in [6, 6.07) is 0. The highest BCUT2D eigenvalue weighted by Crippen LogP contribution is 1.97. The standard InChI is InChI=1S/C11H19N/c1-4-6-8-10-11(12-3)9-7-5-2/h5,8,10H,2,4,6-7,9H2,1,3H3/b10-8-,12-11-. The van der Waals surface area contributed by atoms with E-state index in [1.54, 1.807) is 0 Å². The molecule has 0 aromatic heterocycles. The molecule has 0 aromatic carbocycles. The highest BCUT2D eigenvalue weighted by atomic mass is 14.7. The maximum atomic E-state index is 4.18. The van der Waals surface area contributed by atoms with Gasteiger partial charge in [0.15, 0.2) is 0 Å². The van der Waals surface area contributed by atoms with Gasteiger partial charge >= 0.3 is 0 Å². The molecule has 0 N–H and O–H groups in total. The number of hydrogen-bond acceptors (Lipinski definition) is 1. The minimum Gasteiger partial charge on any atom is -0.293 e. The zero-order chi connectivity index (χ0) is 9.23. The lowest BCUT2D eigenvalue weighted by molar-refractivity contribution is 0.958. The average Bonchev–Trinajstić information content (AvgIpc) is 2.11. The average molecular weight is 165 g/mol. The van der Waals surface area contributed by atoms with Crippen LogP contribution in [0.15, 0.2) is 29.8 Å². The van der Waals surface area contributed by atoms with Crippen molar-refractivity contribution in [3.8, 4) is 0 Å². The first-order valence-electron chi connectivity index (χ1n) is 4.58. The quantitative estimate of drug-likeness (QED) is 0.422. The van der Waals surface area contributed by atoms with E-state index < -0.39 is 0 Å². The van der Waals surface area contributed by atoms with E-state index in [9.17, 15) is 0 Å². The van der Waals surface area contributed by atoms with Crippen LogP contribution in [0, 0.1) is 0 Å².